The second kappa shape index (κ2) is 57.1. The number of phenols is 2. The Hall–Kier alpha value is -6.11. The van der Waals surface area contributed by atoms with E-state index in [4.69, 9.17) is 53.2 Å². The van der Waals surface area contributed by atoms with Gasteiger partial charge in [0.2, 0.25) is 0 Å². The maximum atomic E-state index is 12.1. The molecule has 0 bridgehead atoms. The molecule has 5 rings (SSSR count). The summed E-state index contributed by atoms with van der Waals surface area (Å²) >= 11 is 3.27. The molecule has 0 unspecified atom stereocenters. The molecule has 0 aliphatic rings. The number of hydrogen-bond acceptors (Lipinski definition) is 17. The van der Waals surface area contributed by atoms with Crippen molar-refractivity contribution in [2.24, 2.45) is 9.54 Å². The molecule has 0 amide bonds. The van der Waals surface area contributed by atoms with Gasteiger partial charge in [-0.25, -0.2) is 8.42 Å². The monoisotopic (exact) mass is 1570 g/mol. The number of aryl methyl sites for hydroxylation is 2. The Morgan fingerprint density at radius 2 is 0.740 bits per heavy atom. The molecule has 0 saturated heterocycles. The zero-order chi connectivity index (χ0) is 77.4. The van der Waals surface area contributed by atoms with Gasteiger partial charge < -0.3 is 58.4 Å². The fourth-order valence-corrected chi connectivity index (χ4v) is 7.88. The topological polar surface area (TPSA) is 285 Å². The number of alkyl halides is 1. The third kappa shape index (κ3) is 54.5. The number of aldehydes is 2. The number of Topliss-reactive ketones (excluding diaryl/α,β-unsaturated/α-hetero) is 1. The Balaban J connectivity index is -0.000000280. The van der Waals surface area contributed by atoms with Crippen LogP contribution in [0, 0.1) is 0 Å². The predicted molar refractivity (Wildman–Crippen MR) is 432 cm³/mol. The van der Waals surface area contributed by atoms with E-state index in [0.29, 0.717) is 45.9 Å². The van der Waals surface area contributed by atoms with Gasteiger partial charge in [-0.1, -0.05) is 68.9 Å². The summed E-state index contributed by atoms with van der Waals surface area (Å²) in [6.45, 7) is 52.2. The van der Waals surface area contributed by atoms with E-state index in [0.717, 1.165) is 76.7 Å². The van der Waals surface area contributed by atoms with E-state index in [1.807, 2.05) is 208 Å². The molecule has 5 aromatic rings. The summed E-state index contributed by atoms with van der Waals surface area (Å²) in [5.41, 5.74) is 5.01. The Labute approximate surface area is 662 Å². The van der Waals surface area contributed by atoms with Crippen molar-refractivity contribution in [1.29, 1.82) is 0 Å². The Morgan fingerprint density at radius 1 is 0.462 bits per heavy atom. The van der Waals surface area contributed by atoms with E-state index in [1.54, 1.807) is 31.2 Å². The first-order chi connectivity index (χ1) is 46.2. The van der Waals surface area contributed by atoms with Crippen LogP contribution in [-0.4, -0.2) is 117 Å². The molecule has 2 atom stereocenters. The molecule has 0 radical (unpaired) electrons. The maximum absolute atomic E-state index is 12.1. The molecule has 5 N–H and O–H groups in total. The fraction of sp³-hybridized carbons (Fsp3) is 0.543. The van der Waals surface area contributed by atoms with Crippen molar-refractivity contribution in [2.75, 3.05) is 0 Å². The van der Waals surface area contributed by atoms with E-state index in [9.17, 15) is 27.6 Å². The largest absolute Gasteiger partial charge is 1.00 e. The predicted octanol–water partition coefficient (Wildman–Crippen LogP) is 17.0. The molecule has 0 spiro atoms. The van der Waals surface area contributed by atoms with Crippen molar-refractivity contribution < 1.29 is 111 Å². The van der Waals surface area contributed by atoms with Crippen LogP contribution >= 0.6 is 15.9 Å². The Morgan fingerprint density at radius 3 is 1.03 bits per heavy atom. The van der Waals surface area contributed by atoms with Crippen molar-refractivity contribution in [2.45, 2.75) is 291 Å². The number of phenolic OH excluding ortho intramolecular Hbond substituents is 2. The zero-order valence-corrected chi connectivity index (χ0v) is 71.5. The minimum absolute atomic E-state index is 0. The van der Waals surface area contributed by atoms with Gasteiger partial charge in [0.15, 0.2) is 63.3 Å². The number of hydrogen-bond donors (Lipinski definition) is 3. The summed E-state index contributed by atoms with van der Waals surface area (Å²) in [5.74, 6) is 5.51. The summed E-state index contributed by atoms with van der Waals surface area (Å²) in [6.07, 6.45) is 8.29. The van der Waals surface area contributed by atoms with Crippen molar-refractivity contribution in [3.63, 3.8) is 0 Å². The van der Waals surface area contributed by atoms with Crippen LogP contribution in [0.3, 0.4) is 0 Å². The number of carbonyl (C=O) groups excluding carboxylic acids is 4. The van der Waals surface area contributed by atoms with Gasteiger partial charge >= 0.3 is 29.6 Å². The number of halogens is 1. The molecule has 0 aliphatic carbocycles. The van der Waals surface area contributed by atoms with E-state index in [-0.39, 0.29) is 131 Å². The second-order valence-electron chi connectivity index (χ2n) is 27.5. The summed E-state index contributed by atoms with van der Waals surface area (Å²) in [4.78, 5) is 43.4. The van der Waals surface area contributed by atoms with Crippen molar-refractivity contribution in [1.82, 2.24) is 0 Å². The Bertz CT molecular complexity index is 3330. The second-order valence-corrected chi connectivity index (χ2v) is 33.1. The van der Waals surface area contributed by atoms with Crippen LogP contribution in [-0.2, 0) is 44.4 Å². The van der Waals surface area contributed by atoms with Crippen LogP contribution in [0.25, 0.3) is 6.08 Å². The number of ketones is 2. The number of benzene rings is 5. The van der Waals surface area contributed by atoms with Crippen LogP contribution in [0.1, 0.15) is 252 Å². The summed E-state index contributed by atoms with van der Waals surface area (Å²) in [6, 6.07) is 26.7. The Kier molecular flexibility index (Phi) is 59.8. The minimum atomic E-state index is -1.20. The van der Waals surface area contributed by atoms with Gasteiger partial charge in [-0.15, -0.1) is 0 Å². The SMILES string of the molecule is C.C.CC(=O)/C=C/c1ccc(OC(C)C)c(OC(C)C)c1.CC(=O)CCc1ccc(OC(C)C)c(OC(C)C)c1.CC(C)(C)[S@](N)=O.CC(C)Br.CC(C)Oc1ccc(C=O)cc1OC(C)C.CC(CCc1ccc(OC(C)C)c(OC(C)C)c1)=N[S@](=O)C(C)(C)C.O=Cc1ccc(O)c(O)c1.[Na+].[OH-]. The number of aromatic hydroxyl groups is 2. The zero-order valence-electron chi connectivity index (χ0n) is 66.3. The number of nitrogens with zero attached hydrogens (tertiary/aromatic N) is 1. The standard InChI is InChI=1S/C20H33NO3S.C16H24O3.C16H22O3.C13H18O3.C7H6O3.C4H11NOS.C3H7Br.2CH4.Na.H2O/c1-14(2)23-18-12-11-17(13-19(18)24-15(3)4)10-9-16(5)21-25(22)20(6,7)8;2*1-11(2)18-15-9-8-14(7-6-13(5)17)10-16(15)19-12(3)4;1-9(2)15-12-6-5-11(8-14)7-13(12)16-10(3)4;8-4-5-1-2-6(9)7(10)3-5;1-4(2,3)7(5)6;1-3(2)4;;;;/h11-15H,9-10H2,1-8H3;8-12H,6-7H2,1-5H3;6-12H,1-5H3;5-10H,1-4H3;1-4,9-10H;5H2,1-3H3;3H,1-2H3;2*1H4;;1H2/q;;;;;;;;;+1;/p-1/b;;7-6+;;;;;;;;/t25-;;;;;7-;;;;;/m1....1...../s1. The molecule has 0 aliphatic heterocycles. The van der Waals surface area contributed by atoms with Crippen LogP contribution in [0.5, 0.6) is 57.5 Å². The number of ether oxygens (including phenoxy) is 8. The molecular weight excluding hydrogens is 1440 g/mol. The van der Waals surface area contributed by atoms with E-state index in [1.165, 1.54) is 31.2 Å². The van der Waals surface area contributed by atoms with E-state index in [2.05, 4.69) is 40.2 Å². The molecule has 5 aromatic carbocycles. The quantitative estimate of drug-likeness (QED) is 0.0110. The van der Waals surface area contributed by atoms with Gasteiger partial charge in [-0.05, 0) is 288 Å². The molecule has 104 heavy (non-hydrogen) atoms. The normalized spacial score (nSPS) is 11.4. The molecule has 0 saturated carbocycles. The molecule has 23 heteroatoms. The number of rotatable bonds is 27. The average Bonchev–Trinajstić information content (AvgIpc) is 0.867. The average molecular weight is 1570 g/mol. The van der Waals surface area contributed by atoms with Crippen LogP contribution in [0.4, 0.5) is 0 Å². The maximum Gasteiger partial charge on any atom is 1.00 e. The minimum Gasteiger partial charge on any atom is -0.870 e. The summed E-state index contributed by atoms with van der Waals surface area (Å²) < 4.78 is 72.1. The van der Waals surface area contributed by atoms with Gasteiger partial charge in [-0.2, -0.15) is 4.40 Å². The van der Waals surface area contributed by atoms with E-state index < -0.39 is 22.0 Å². The third-order valence-electron chi connectivity index (χ3n) is 11.5. The van der Waals surface area contributed by atoms with Crippen molar-refractivity contribution in [3.8, 4) is 57.5 Å². The van der Waals surface area contributed by atoms with Gasteiger partial charge in [0.05, 0.1) is 69.3 Å². The van der Waals surface area contributed by atoms with Crippen LogP contribution < -0.4 is 72.6 Å². The van der Waals surface area contributed by atoms with Gasteiger partial charge in [0, 0.05) is 28.1 Å². The molecule has 586 valence electrons. The summed E-state index contributed by atoms with van der Waals surface area (Å²) in [7, 11) is -2.39. The molecule has 0 fully saturated rings. The molecule has 19 nitrogen and oxygen atoms in total. The first-order valence-corrected chi connectivity index (χ1v) is 37.2. The van der Waals surface area contributed by atoms with Crippen molar-refractivity contribution in [3.05, 3.63) is 125 Å². The van der Waals surface area contributed by atoms with Gasteiger partial charge in [-0.3, -0.25) is 19.5 Å². The molecule has 0 heterocycles. The fourth-order valence-electron chi connectivity index (χ4n) is 7.23. The molecular formula is C81H130BrN2NaO17S2. The third-order valence-corrected chi connectivity index (χ3v) is 14.3. The number of nitrogens with two attached hydrogens (primary N) is 1. The van der Waals surface area contributed by atoms with Crippen molar-refractivity contribution >= 4 is 73.8 Å². The molecule has 0 aromatic heterocycles. The van der Waals surface area contributed by atoms with E-state index >= 15 is 0 Å². The first kappa shape index (κ1) is 109. The van der Waals surface area contributed by atoms with Gasteiger partial charge in [0.1, 0.15) is 29.3 Å². The van der Waals surface area contributed by atoms with Crippen LogP contribution in [0.2, 0.25) is 0 Å². The van der Waals surface area contributed by atoms with Crippen LogP contribution in [0.15, 0.2) is 101 Å². The number of allylic oxidation sites excluding steroid dienone is 1. The smallest absolute Gasteiger partial charge is 0.870 e. The summed E-state index contributed by atoms with van der Waals surface area (Å²) in [5, 5.41) is 22.6. The number of carbonyl (C=O) groups is 4. The first-order valence-electron chi connectivity index (χ1n) is 33.9. The van der Waals surface area contributed by atoms with Gasteiger partial charge in [0.25, 0.3) is 0 Å².